The SMILES string of the molecule is C=CCC(C)CCC(=CCC(C)C)CC(C)(C)CC=C. The Morgan fingerprint density at radius 2 is 1.70 bits per heavy atom. The molecule has 0 fully saturated rings. The van der Waals surface area contributed by atoms with Crippen molar-refractivity contribution < 1.29 is 0 Å². The average Bonchev–Trinajstić information content (AvgIpc) is 2.32. The maximum Gasteiger partial charge on any atom is -0.0266 e. The molecule has 0 aromatic rings. The van der Waals surface area contributed by atoms with E-state index in [-0.39, 0.29) is 0 Å². The van der Waals surface area contributed by atoms with Gasteiger partial charge in [0.2, 0.25) is 0 Å². The zero-order valence-electron chi connectivity index (χ0n) is 14.5. The third-order valence-corrected chi connectivity index (χ3v) is 3.81. The number of allylic oxidation sites excluding steroid dienone is 4. The fourth-order valence-electron chi connectivity index (χ4n) is 2.58. The molecule has 0 rings (SSSR count). The van der Waals surface area contributed by atoms with Crippen LogP contribution in [-0.2, 0) is 0 Å². The first-order chi connectivity index (χ1) is 9.30. The van der Waals surface area contributed by atoms with Crippen molar-refractivity contribution in [2.24, 2.45) is 17.3 Å². The summed E-state index contributed by atoms with van der Waals surface area (Å²) in [6.07, 6.45) is 13.7. The molecule has 0 heterocycles. The lowest BCUT2D eigenvalue weighted by Crippen LogP contribution is -2.12. The molecule has 0 nitrogen and oxygen atoms in total. The highest BCUT2D eigenvalue weighted by atomic mass is 14.2. The zero-order chi connectivity index (χ0) is 15.6. The van der Waals surface area contributed by atoms with E-state index in [0.29, 0.717) is 5.41 Å². The largest absolute Gasteiger partial charge is 0.103 e. The predicted molar refractivity (Wildman–Crippen MR) is 94.0 cm³/mol. The molecule has 0 saturated heterocycles. The van der Waals surface area contributed by atoms with Crippen LogP contribution in [0.5, 0.6) is 0 Å². The van der Waals surface area contributed by atoms with Crippen molar-refractivity contribution in [3.05, 3.63) is 37.0 Å². The van der Waals surface area contributed by atoms with Gasteiger partial charge in [0.25, 0.3) is 0 Å². The second-order valence-electron chi connectivity index (χ2n) is 7.49. The van der Waals surface area contributed by atoms with Gasteiger partial charge in [-0.2, -0.15) is 0 Å². The highest BCUT2D eigenvalue weighted by Crippen LogP contribution is 2.32. The molecular weight excluding hydrogens is 240 g/mol. The van der Waals surface area contributed by atoms with Gasteiger partial charge in [-0.1, -0.05) is 58.4 Å². The molecule has 0 amide bonds. The zero-order valence-corrected chi connectivity index (χ0v) is 14.5. The van der Waals surface area contributed by atoms with Gasteiger partial charge in [0.15, 0.2) is 0 Å². The first-order valence-electron chi connectivity index (χ1n) is 8.20. The summed E-state index contributed by atoms with van der Waals surface area (Å²) in [4.78, 5) is 0. The van der Waals surface area contributed by atoms with Crippen molar-refractivity contribution >= 4 is 0 Å². The Hall–Kier alpha value is -0.780. The molecule has 116 valence electrons. The van der Waals surface area contributed by atoms with Crippen molar-refractivity contribution in [3.8, 4) is 0 Å². The van der Waals surface area contributed by atoms with Gasteiger partial charge in [0.1, 0.15) is 0 Å². The molecule has 0 aliphatic rings. The smallest absolute Gasteiger partial charge is 0.0266 e. The Morgan fingerprint density at radius 3 is 2.20 bits per heavy atom. The summed E-state index contributed by atoms with van der Waals surface area (Å²) in [5, 5.41) is 0. The standard InChI is InChI=1S/C20H36/c1-8-10-18(5)12-14-19(13-11-17(3)4)16-20(6,7)15-9-2/h8-9,13,17-18H,1-2,10-12,14-16H2,3-7H3. The van der Waals surface area contributed by atoms with Crippen LogP contribution in [0.2, 0.25) is 0 Å². The topological polar surface area (TPSA) is 0 Å². The number of rotatable bonds is 11. The van der Waals surface area contributed by atoms with E-state index in [0.717, 1.165) is 24.7 Å². The van der Waals surface area contributed by atoms with Crippen molar-refractivity contribution in [1.82, 2.24) is 0 Å². The molecule has 20 heavy (non-hydrogen) atoms. The molecule has 0 bridgehead atoms. The lowest BCUT2D eigenvalue weighted by atomic mass is 9.80. The van der Waals surface area contributed by atoms with Gasteiger partial charge in [0.05, 0.1) is 0 Å². The van der Waals surface area contributed by atoms with Crippen molar-refractivity contribution in [1.29, 1.82) is 0 Å². The Labute approximate surface area is 128 Å². The number of hydrogen-bond acceptors (Lipinski definition) is 0. The fraction of sp³-hybridized carbons (Fsp3) is 0.700. The third-order valence-electron chi connectivity index (χ3n) is 3.81. The minimum atomic E-state index is 0.340. The molecule has 1 unspecified atom stereocenters. The van der Waals surface area contributed by atoms with Crippen molar-refractivity contribution in [2.75, 3.05) is 0 Å². The second kappa shape index (κ2) is 10.0. The summed E-state index contributed by atoms with van der Waals surface area (Å²) in [6, 6.07) is 0. The van der Waals surface area contributed by atoms with Gasteiger partial charge < -0.3 is 0 Å². The van der Waals surface area contributed by atoms with Crippen LogP contribution in [0.15, 0.2) is 37.0 Å². The lowest BCUT2D eigenvalue weighted by molar-refractivity contribution is 0.358. The molecule has 1 atom stereocenters. The monoisotopic (exact) mass is 276 g/mol. The van der Waals surface area contributed by atoms with E-state index in [9.17, 15) is 0 Å². The molecule has 0 aromatic carbocycles. The molecule has 0 aliphatic heterocycles. The van der Waals surface area contributed by atoms with Crippen LogP contribution in [0.25, 0.3) is 0 Å². The summed E-state index contributed by atoms with van der Waals surface area (Å²) >= 11 is 0. The fourth-order valence-corrected chi connectivity index (χ4v) is 2.58. The maximum atomic E-state index is 3.90. The second-order valence-corrected chi connectivity index (χ2v) is 7.49. The van der Waals surface area contributed by atoms with Gasteiger partial charge in [-0.05, 0) is 55.8 Å². The van der Waals surface area contributed by atoms with E-state index < -0.39 is 0 Å². The summed E-state index contributed by atoms with van der Waals surface area (Å²) in [5.74, 6) is 1.50. The van der Waals surface area contributed by atoms with Crippen LogP contribution in [0.1, 0.15) is 73.1 Å². The molecular formula is C20H36. The Bertz CT molecular complexity index is 304. The van der Waals surface area contributed by atoms with E-state index in [1.807, 2.05) is 6.08 Å². The molecule has 0 saturated carbocycles. The van der Waals surface area contributed by atoms with E-state index in [1.165, 1.54) is 25.7 Å². The van der Waals surface area contributed by atoms with Gasteiger partial charge in [-0.25, -0.2) is 0 Å². The van der Waals surface area contributed by atoms with Crippen molar-refractivity contribution in [2.45, 2.75) is 73.1 Å². The summed E-state index contributed by atoms with van der Waals surface area (Å²) in [5.41, 5.74) is 1.98. The van der Waals surface area contributed by atoms with Crippen LogP contribution >= 0.6 is 0 Å². The molecule has 0 heteroatoms. The lowest BCUT2D eigenvalue weighted by Gasteiger charge is -2.25. The van der Waals surface area contributed by atoms with Crippen LogP contribution < -0.4 is 0 Å². The Balaban J connectivity index is 4.60. The Morgan fingerprint density at radius 1 is 1.05 bits per heavy atom. The van der Waals surface area contributed by atoms with Gasteiger partial charge in [-0.3, -0.25) is 0 Å². The highest BCUT2D eigenvalue weighted by Gasteiger charge is 2.18. The summed E-state index contributed by atoms with van der Waals surface area (Å²) < 4.78 is 0. The van der Waals surface area contributed by atoms with Crippen LogP contribution in [0, 0.1) is 17.3 Å². The molecule has 0 N–H and O–H groups in total. The van der Waals surface area contributed by atoms with E-state index >= 15 is 0 Å². The summed E-state index contributed by atoms with van der Waals surface area (Å²) in [7, 11) is 0. The van der Waals surface area contributed by atoms with E-state index in [4.69, 9.17) is 0 Å². The van der Waals surface area contributed by atoms with Gasteiger partial charge >= 0.3 is 0 Å². The van der Waals surface area contributed by atoms with E-state index in [2.05, 4.69) is 59.9 Å². The molecule has 0 aliphatic carbocycles. The normalized spacial score (nSPS) is 14.4. The van der Waals surface area contributed by atoms with Crippen LogP contribution in [-0.4, -0.2) is 0 Å². The molecule has 0 aromatic heterocycles. The molecule has 0 spiro atoms. The minimum absolute atomic E-state index is 0.340. The third kappa shape index (κ3) is 10.1. The average molecular weight is 277 g/mol. The molecule has 0 radical (unpaired) electrons. The summed E-state index contributed by atoms with van der Waals surface area (Å²) in [6.45, 7) is 19.4. The van der Waals surface area contributed by atoms with E-state index in [1.54, 1.807) is 5.57 Å². The van der Waals surface area contributed by atoms with Gasteiger partial charge in [-0.15, -0.1) is 13.2 Å². The van der Waals surface area contributed by atoms with Gasteiger partial charge in [0, 0.05) is 0 Å². The minimum Gasteiger partial charge on any atom is -0.103 e. The highest BCUT2D eigenvalue weighted by molar-refractivity contribution is 5.06. The van der Waals surface area contributed by atoms with Crippen LogP contribution in [0.3, 0.4) is 0 Å². The first-order valence-corrected chi connectivity index (χ1v) is 8.20. The Kier molecular flexibility index (Phi) is 9.63. The predicted octanol–water partition coefficient (Wildman–Crippen LogP) is 6.94. The number of hydrogen-bond donors (Lipinski definition) is 0. The maximum absolute atomic E-state index is 3.90. The van der Waals surface area contributed by atoms with Crippen molar-refractivity contribution in [3.63, 3.8) is 0 Å². The van der Waals surface area contributed by atoms with Crippen LogP contribution in [0.4, 0.5) is 0 Å². The first kappa shape index (κ1) is 19.2. The quantitative estimate of drug-likeness (QED) is 0.358.